The van der Waals surface area contributed by atoms with Gasteiger partial charge in [-0.15, -0.1) is 11.3 Å². The zero-order chi connectivity index (χ0) is 12.9. The Balaban J connectivity index is 2.17. The van der Waals surface area contributed by atoms with Gasteiger partial charge < -0.3 is 20.2 Å². The lowest BCUT2D eigenvalue weighted by molar-refractivity contribution is -0.133. The number of carbonyl (C=O) groups is 2. The van der Waals surface area contributed by atoms with Crippen LogP contribution in [0.2, 0.25) is 0 Å². The molecule has 7 heteroatoms. The topological polar surface area (TPSA) is 72.9 Å². The van der Waals surface area contributed by atoms with Crippen LogP contribution in [-0.2, 0) is 4.79 Å². The van der Waals surface area contributed by atoms with E-state index in [1.54, 1.807) is 11.9 Å². The average Bonchev–Trinajstić information content (AvgIpc) is 2.91. The van der Waals surface area contributed by atoms with E-state index >= 15 is 0 Å². The van der Waals surface area contributed by atoms with E-state index in [0.717, 1.165) is 5.69 Å². The molecule has 18 heavy (non-hydrogen) atoms. The molecule has 6 nitrogen and oxygen atoms in total. The molecule has 0 saturated carbocycles. The highest BCUT2D eigenvalue weighted by atomic mass is 32.1. The third kappa shape index (κ3) is 1.40. The number of hydrogen-bond acceptors (Lipinski definition) is 5. The van der Waals surface area contributed by atoms with Crippen LogP contribution in [0.25, 0.3) is 0 Å². The first-order chi connectivity index (χ1) is 8.59. The smallest absolute Gasteiger partial charge is 0.353 e. The van der Waals surface area contributed by atoms with Gasteiger partial charge in [0.1, 0.15) is 10.6 Å². The molecule has 1 aromatic rings. The van der Waals surface area contributed by atoms with Gasteiger partial charge in [-0.3, -0.25) is 4.79 Å². The summed E-state index contributed by atoms with van der Waals surface area (Å²) in [6.07, 6.45) is 0. The van der Waals surface area contributed by atoms with E-state index in [-0.39, 0.29) is 11.6 Å². The minimum absolute atomic E-state index is 0.0633. The third-order valence-corrected chi connectivity index (χ3v) is 4.00. The molecule has 2 N–H and O–H groups in total. The maximum atomic E-state index is 12.1. The summed E-state index contributed by atoms with van der Waals surface area (Å²) in [5.41, 5.74) is 1.59. The number of rotatable bonds is 1. The lowest BCUT2D eigenvalue weighted by Crippen LogP contribution is -2.29. The number of likely N-dealkylation sites (N-methyl/N-ethyl adjacent to an activating group) is 1. The van der Waals surface area contributed by atoms with Crippen molar-refractivity contribution in [3.8, 4) is 0 Å². The molecular weight excluding hydrogens is 254 g/mol. The fourth-order valence-electron chi connectivity index (χ4n) is 2.23. The molecular formula is C11H11N3O3S. The van der Waals surface area contributed by atoms with Crippen LogP contribution in [0.5, 0.6) is 0 Å². The molecule has 2 aliphatic rings. The van der Waals surface area contributed by atoms with Crippen molar-refractivity contribution in [3.63, 3.8) is 0 Å². The van der Waals surface area contributed by atoms with Crippen molar-refractivity contribution in [1.82, 2.24) is 10.2 Å². The summed E-state index contributed by atoms with van der Waals surface area (Å²) < 4.78 is 0. The van der Waals surface area contributed by atoms with E-state index < -0.39 is 5.97 Å². The van der Waals surface area contributed by atoms with E-state index in [1.807, 2.05) is 16.3 Å². The second-order valence-electron chi connectivity index (χ2n) is 4.19. The summed E-state index contributed by atoms with van der Waals surface area (Å²) in [4.78, 5) is 27.3. The van der Waals surface area contributed by atoms with Crippen LogP contribution in [0.4, 0.5) is 5.69 Å². The first-order valence-electron chi connectivity index (χ1n) is 5.40. The highest BCUT2D eigenvalue weighted by Crippen LogP contribution is 2.35. The number of anilines is 1. The van der Waals surface area contributed by atoms with Gasteiger partial charge in [0.2, 0.25) is 0 Å². The summed E-state index contributed by atoms with van der Waals surface area (Å²) in [6, 6.07) is 1.85. The van der Waals surface area contributed by atoms with Crippen molar-refractivity contribution in [2.75, 3.05) is 25.2 Å². The Bertz CT molecular complexity index is 578. The first-order valence-corrected chi connectivity index (χ1v) is 6.28. The Kier molecular flexibility index (Phi) is 2.30. The molecule has 0 saturated heterocycles. The Hall–Kier alpha value is -2.02. The molecule has 0 fully saturated rings. The molecule has 2 aliphatic heterocycles. The second-order valence-corrected chi connectivity index (χ2v) is 5.10. The number of hydrogen-bond donors (Lipinski definition) is 2. The molecule has 94 valence electrons. The number of carboxylic acids is 1. The molecule has 0 unspecified atom stereocenters. The van der Waals surface area contributed by atoms with Crippen LogP contribution >= 0.6 is 11.3 Å². The van der Waals surface area contributed by atoms with Crippen LogP contribution in [0.1, 0.15) is 9.67 Å². The van der Waals surface area contributed by atoms with Gasteiger partial charge in [0.25, 0.3) is 5.91 Å². The Labute approximate surface area is 107 Å². The van der Waals surface area contributed by atoms with E-state index in [9.17, 15) is 9.59 Å². The van der Waals surface area contributed by atoms with Crippen LogP contribution < -0.4 is 10.2 Å². The van der Waals surface area contributed by atoms with Crippen LogP contribution in [0.15, 0.2) is 22.8 Å². The van der Waals surface area contributed by atoms with Gasteiger partial charge in [0.15, 0.2) is 0 Å². The summed E-state index contributed by atoms with van der Waals surface area (Å²) in [5, 5.41) is 13.9. The lowest BCUT2D eigenvalue weighted by Gasteiger charge is -2.19. The van der Waals surface area contributed by atoms with Gasteiger partial charge in [0.05, 0.1) is 24.6 Å². The van der Waals surface area contributed by atoms with Gasteiger partial charge in [-0.05, 0) is 11.4 Å². The normalized spacial score (nSPS) is 18.4. The van der Waals surface area contributed by atoms with Gasteiger partial charge in [-0.2, -0.15) is 0 Å². The molecule has 0 spiro atoms. The van der Waals surface area contributed by atoms with E-state index in [0.29, 0.717) is 23.8 Å². The fourth-order valence-corrected chi connectivity index (χ4v) is 3.12. The number of thiophene rings is 1. The predicted octanol–water partition coefficient (Wildman–Crippen LogP) is 0.497. The van der Waals surface area contributed by atoms with Crippen molar-refractivity contribution >= 4 is 28.9 Å². The Morgan fingerprint density at radius 3 is 3.06 bits per heavy atom. The largest absolute Gasteiger partial charge is 0.477 e. The SMILES string of the molecule is CN1CC2=C(C(=O)O)NCN2c2ccsc2C1=O. The lowest BCUT2D eigenvalue weighted by atomic mass is 10.3. The first kappa shape index (κ1) is 11.1. The number of amides is 1. The fraction of sp³-hybridized carbons (Fsp3) is 0.273. The van der Waals surface area contributed by atoms with Crippen LogP contribution in [0.3, 0.4) is 0 Å². The molecule has 0 aromatic carbocycles. The average molecular weight is 265 g/mol. The predicted molar refractivity (Wildman–Crippen MR) is 66.4 cm³/mol. The van der Waals surface area contributed by atoms with E-state index in [4.69, 9.17) is 5.11 Å². The quantitative estimate of drug-likeness (QED) is 0.773. The molecule has 0 bridgehead atoms. The van der Waals surface area contributed by atoms with Crippen LogP contribution in [-0.4, -0.2) is 42.1 Å². The van der Waals surface area contributed by atoms with Gasteiger partial charge >= 0.3 is 5.97 Å². The minimum atomic E-state index is -0.993. The van der Waals surface area contributed by atoms with E-state index in [2.05, 4.69) is 5.32 Å². The molecule has 3 rings (SSSR count). The summed E-state index contributed by atoms with van der Waals surface area (Å²) >= 11 is 1.38. The van der Waals surface area contributed by atoms with Crippen molar-refractivity contribution in [2.45, 2.75) is 0 Å². The van der Waals surface area contributed by atoms with Gasteiger partial charge in [-0.1, -0.05) is 0 Å². The third-order valence-electron chi connectivity index (χ3n) is 3.11. The van der Waals surface area contributed by atoms with Gasteiger partial charge in [0, 0.05) is 7.05 Å². The van der Waals surface area contributed by atoms with Crippen molar-refractivity contribution in [3.05, 3.63) is 27.7 Å². The number of nitrogens with zero attached hydrogens (tertiary/aromatic N) is 2. The Morgan fingerprint density at radius 1 is 1.56 bits per heavy atom. The summed E-state index contributed by atoms with van der Waals surface area (Å²) in [6.45, 7) is 0.691. The van der Waals surface area contributed by atoms with Crippen molar-refractivity contribution in [2.24, 2.45) is 0 Å². The van der Waals surface area contributed by atoms with Crippen LogP contribution in [0, 0.1) is 0 Å². The number of aliphatic carboxylic acids is 1. The summed E-state index contributed by atoms with van der Waals surface area (Å²) in [7, 11) is 1.68. The number of nitrogens with one attached hydrogen (secondary N) is 1. The number of carboxylic acid groups (broad SMARTS) is 1. The standard InChI is InChI=1S/C11H11N3O3S/c1-13-4-7-8(11(16)17)12-5-14(7)6-2-3-18-9(6)10(13)15/h2-3,12H,4-5H2,1H3,(H,16,17). The zero-order valence-electron chi connectivity index (χ0n) is 9.64. The molecule has 0 radical (unpaired) electrons. The monoisotopic (exact) mass is 265 g/mol. The van der Waals surface area contributed by atoms with E-state index in [1.165, 1.54) is 11.3 Å². The zero-order valence-corrected chi connectivity index (χ0v) is 10.5. The Morgan fingerprint density at radius 2 is 2.33 bits per heavy atom. The van der Waals surface area contributed by atoms with Gasteiger partial charge in [-0.25, -0.2) is 4.79 Å². The maximum Gasteiger partial charge on any atom is 0.353 e. The molecule has 0 atom stereocenters. The van der Waals surface area contributed by atoms with Crippen molar-refractivity contribution in [1.29, 1.82) is 0 Å². The number of fused-ring (bicyclic) bond motifs is 3. The van der Waals surface area contributed by atoms with Crippen molar-refractivity contribution < 1.29 is 14.7 Å². The molecule has 3 heterocycles. The minimum Gasteiger partial charge on any atom is -0.477 e. The molecule has 1 amide bonds. The molecule has 0 aliphatic carbocycles. The summed E-state index contributed by atoms with van der Waals surface area (Å²) in [5.74, 6) is -1.06. The number of carbonyl (C=O) groups excluding carboxylic acids is 1. The molecule has 1 aromatic heterocycles. The maximum absolute atomic E-state index is 12.1. The highest BCUT2D eigenvalue weighted by molar-refractivity contribution is 7.12. The second kappa shape index (κ2) is 3.74. The highest BCUT2D eigenvalue weighted by Gasteiger charge is 2.35.